The summed E-state index contributed by atoms with van der Waals surface area (Å²) < 4.78 is 5.14. The van der Waals surface area contributed by atoms with Crippen LogP contribution in [0.4, 0.5) is 0 Å². The normalized spacial score (nSPS) is 12.3. The molecule has 0 aliphatic rings. The maximum atomic E-state index is 12.0. The Kier molecular flexibility index (Phi) is 30.2. The van der Waals surface area contributed by atoms with Crippen LogP contribution in [-0.4, -0.2) is 23.7 Å². The van der Waals surface area contributed by atoms with Gasteiger partial charge in [-0.1, -0.05) is 161 Å². The van der Waals surface area contributed by atoms with E-state index in [2.05, 4.69) is 19.1 Å². The van der Waals surface area contributed by atoms with Crippen molar-refractivity contribution in [3.05, 3.63) is 12.2 Å². The third kappa shape index (κ3) is 29.5. The molecule has 4 heteroatoms. The predicted octanol–water partition coefficient (Wildman–Crippen LogP) is 11.4. The van der Waals surface area contributed by atoms with Crippen LogP contribution in [0.3, 0.4) is 0 Å². The van der Waals surface area contributed by atoms with Crippen LogP contribution in [0.15, 0.2) is 12.2 Å². The summed E-state index contributed by atoms with van der Waals surface area (Å²) in [5.41, 5.74) is 0. The van der Waals surface area contributed by atoms with Gasteiger partial charge in [0.25, 0.3) is 0 Å². The standard InChI is InChI=1S/C35H66O4/c1-3-5-6-7-8-9-10-11-12-13-14-15-16-17-18-19-20-21-22-23-24-25-26-27-28-29-30-33(32-34(36)37)35(38)39-31-4-2/h27-28,33H,3-26,29-32H2,1-2H3,(H,36,37)/b28-27+. The summed E-state index contributed by atoms with van der Waals surface area (Å²) in [5, 5.41) is 9.03. The van der Waals surface area contributed by atoms with Crippen molar-refractivity contribution in [3.8, 4) is 0 Å². The number of carboxylic acids is 1. The summed E-state index contributed by atoms with van der Waals surface area (Å²) in [6.07, 6.45) is 38.2. The second-order valence-electron chi connectivity index (χ2n) is 11.7. The van der Waals surface area contributed by atoms with Crippen LogP contribution in [0.1, 0.15) is 187 Å². The first-order chi connectivity index (χ1) is 19.1. The van der Waals surface area contributed by atoms with Crippen LogP contribution in [0, 0.1) is 5.92 Å². The quantitative estimate of drug-likeness (QED) is 0.0529. The molecular formula is C35H66O4. The molecule has 0 saturated heterocycles. The largest absolute Gasteiger partial charge is 0.481 e. The van der Waals surface area contributed by atoms with E-state index in [1.807, 2.05) is 6.92 Å². The minimum absolute atomic E-state index is 0.143. The Morgan fingerprint density at radius 3 is 1.33 bits per heavy atom. The van der Waals surface area contributed by atoms with Crippen LogP contribution in [0.25, 0.3) is 0 Å². The van der Waals surface area contributed by atoms with Crippen molar-refractivity contribution in [2.24, 2.45) is 5.92 Å². The fourth-order valence-corrected chi connectivity index (χ4v) is 5.24. The number of carbonyl (C=O) groups is 2. The highest BCUT2D eigenvalue weighted by atomic mass is 16.5. The van der Waals surface area contributed by atoms with Crippen LogP contribution >= 0.6 is 0 Å². The van der Waals surface area contributed by atoms with Crippen molar-refractivity contribution in [3.63, 3.8) is 0 Å². The highest BCUT2D eigenvalue weighted by molar-refractivity contribution is 5.79. The Bertz CT molecular complexity index is 557. The molecule has 0 aromatic heterocycles. The van der Waals surface area contributed by atoms with E-state index in [0.29, 0.717) is 13.0 Å². The summed E-state index contributed by atoms with van der Waals surface area (Å²) >= 11 is 0. The summed E-state index contributed by atoms with van der Waals surface area (Å²) in [7, 11) is 0. The van der Waals surface area contributed by atoms with E-state index in [4.69, 9.17) is 9.84 Å². The lowest BCUT2D eigenvalue weighted by Gasteiger charge is -2.12. The molecule has 1 unspecified atom stereocenters. The number of hydrogen-bond donors (Lipinski definition) is 1. The van der Waals surface area contributed by atoms with E-state index in [-0.39, 0.29) is 12.4 Å². The number of rotatable bonds is 31. The molecule has 0 bridgehead atoms. The first-order valence-electron chi connectivity index (χ1n) is 17.1. The summed E-state index contributed by atoms with van der Waals surface area (Å²) in [4.78, 5) is 23.0. The number of esters is 1. The Balaban J connectivity index is 3.36. The molecule has 0 heterocycles. The van der Waals surface area contributed by atoms with Crippen LogP contribution in [0.2, 0.25) is 0 Å². The molecule has 0 radical (unpaired) electrons. The molecule has 0 aliphatic heterocycles. The third-order valence-corrected chi connectivity index (χ3v) is 7.78. The molecule has 1 atom stereocenters. The number of hydrogen-bond acceptors (Lipinski definition) is 3. The molecule has 1 N–H and O–H groups in total. The summed E-state index contributed by atoms with van der Waals surface area (Å²) in [6.45, 7) is 4.59. The molecule has 0 aliphatic carbocycles. The Morgan fingerprint density at radius 1 is 0.564 bits per heavy atom. The van der Waals surface area contributed by atoms with E-state index in [0.717, 1.165) is 19.3 Å². The van der Waals surface area contributed by atoms with Gasteiger partial charge in [-0.3, -0.25) is 9.59 Å². The fourth-order valence-electron chi connectivity index (χ4n) is 5.24. The Hall–Kier alpha value is -1.32. The number of carboxylic acid groups (broad SMARTS) is 1. The van der Waals surface area contributed by atoms with Crippen molar-refractivity contribution >= 4 is 11.9 Å². The molecule has 230 valence electrons. The molecule has 0 spiro atoms. The van der Waals surface area contributed by atoms with Gasteiger partial charge < -0.3 is 9.84 Å². The van der Waals surface area contributed by atoms with Crippen molar-refractivity contribution in [1.29, 1.82) is 0 Å². The summed E-state index contributed by atoms with van der Waals surface area (Å²) in [5.74, 6) is -1.84. The fraction of sp³-hybridized carbons (Fsp3) is 0.886. The molecule has 0 aromatic rings. The van der Waals surface area contributed by atoms with Crippen LogP contribution in [0.5, 0.6) is 0 Å². The molecule has 0 aromatic carbocycles. The van der Waals surface area contributed by atoms with Gasteiger partial charge in [-0.15, -0.1) is 0 Å². The van der Waals surface area contributed by atoms with Crippen molar-refractivity contribution in [2.75, 3.05) is 6.61 Å². The summed E-state index contributed by atoms with van der Waals surface area (Å²) in [6, 6.07) is 0. The second-order valence-corrected chi connectivity index (χ2v) is 11.7. The zero-order chi connectivity index (χ0) is 28.7. The minimum atomic E-state index is -0.938. The van der Waals surface area contributed by atoms with Gasteiger partial charge in [0, 0.05) is 0 Å². The minimum Gasteiger partial charge on any atom is -0.481 e. The zero-order valence-electron chi connectivity index (χ0n) is 26.2. The number of unbranched alkanes of at least 4 members (excludes halogenated alkanes) is 22. The lowest BCUT2D eigenvalue weighted by molar-refractivity contribution is -0.153. The number of carbonyl (C=O) groups excluding carboxylic acids is 1. The van der Waals surface area contributed by atoms with Gasteiger partial charge >= 0.3 is 11.9 Å². The lowest BCUT2D eigenvalue weighted by Crippen LogP contribution is -2.21. The molecule has 0 rings (SSSR count). The first-order valence-corrected chi connectivity index (χ1v) is 17.1. The van der Waals surface area contributed by atoms with Crippen molar-refractivity contribution < 1.29 is 19.4 Å². The van der Waals surface area contributed by atoms with E-state index in [1.165, 1.54) is 141 Å². The highest BCUT2D eigenvalue weighted by Gasteiger charge is 2.22. The highest BCUT2D eigenvalue weighted by Crippen LogP contribution is 2.17. The Labute approximate surface area is 243 Å². The smallest absolute Gasteiger partial charge is 0.309 e. The van der Waals surface area contributed by atoms with Gasteiger partial charge in [-0.2, -0.15) is 0 Å². The lowest BCUT2D eigenvalue weighted by atomic mass is 9.99. The van der Waals surface area contributed by atoms with E-state index >= 15 is 0 Å². The van der Waals surface area contributed by atoms with E-state index in [9.17, 15) is 9.59 Å². The van der Waals surface area contributed by atoms with Crippen molar-refractivity contribution in [1.82, 2.24) is 0 Å². The molecule has 0 amide bonds. The molecule has 4 nitrogen and oxygen atoms in total. The SMILES string of the molecule is CCCCCCCCCCCCCCCCCCCCCCCC/C=C/CCC(CC(=O)O)C(=O)OCCC. The topological polar surface area (TPSA) is 63.6 Å². The third-order valence-electron chi connectivity index (χ3n) is 7.78. The van der Waals surface area contributed by atoms with E-state index in [1.54, 1.807) is 0 Å². The molecule has 0 saturated carbocycles. The van der Waals surface area contributed by atoms with E-state index < -0.39 is 11.9 Å². The first kappa shape index (κ1) is 37.7. The van der Waals surface area contributed by atoms with Crippen LogP contribution in [-0.2, 0) is 14.3 Å². The number of aliphatic carboxylic acids is 1. The van der Waals surface area contributed by atoms with Gasteiger partial charge in [0.05, 0.1) is 18.9 Å². The van der Waals surface area contributed by atoms with Gasteiger partial charge in [-0.05, 0) is 32.1 Å². The monoisotopic (exact) mass is 550 g/mol. The van der Waals surface area contributed by atoms with Gasteiger partial charge in [0.15, 0.2) is 0 Å². The molecule has 0 fully saturated rings. The van der Waals surface area contributed by atoms with Gasteiger partial charge in [0.1, 0.15) is 0 Å². The maximum absolute atomic E-state index is 12.0. The number of allylic oxidation sites excluding steroid dienone is 2. The average molecular weight is 551 g/mol. The van der Waals surface area contributed by atoms with Gasteiger partial charge in [-0.25, -0.2) is 0 Å². The maximum Gasteiger partial charge on any atom is 0.309 e. The zero-order valence-corrected chi connectivity index (χ0v) is 26.2. The van der Waals surface area contributed by atoms with Gasteiger partial charge in [0.2, 0.25) is 0 Å². The number of ether oxygens (including phenoxy) is 1. The Morgan fingerprint density at radius 2 is 0.949 bits per heavy atom. The molecular weight excluding hydrogens is 484 g/mol. The second kappa shape index (κ2) is 31.2. The average Bonchev–Trinajstić information content (AvgIpc) is 2.92. The predicted molar refractivity (Wildman–Crippen MR) is 167 cm³/mol. The molecule has 39 heavy (non-hydrogen) atoms. The van der Waals surface area contributed by atoms with Crippen LogP contribution < -0.4 is 0 Å². The van der Waals surface area contributed by atoms with Crippen molar-refractivity contribution in [2.45, 2.75) is 187 Å².